The number of anilines is 1. The molecule has 0 saturated heterocycles. The van der Waals surface area contributed by atoms with Gasteiger partial charge in [0.05, 0.1) is 16.8 Å². The summed E-state index contributed by atoms with van der Waals surface area (Å²) in [5.41, 5.74) is 0.644. The maximum absolute atomic E-state index is 13.0. The lowest BCUT2D eigenvalue weighted by molar-refractivity contribution is -0.119. The number of amides is 1. The Morgan fingerprint density at radius 2 is 2.15 bits per heavy atom. The smallest absolute Gasteiger partial charge is 0.298 e. The van der Waals surface area contributed by atoms with E-state index >= 15 is 0 Å². The van der Waals surface area contributed by atoms with Crippen LogP contribution in [0.4, 0.5) is 5.13 Å². The van der Waals surface area contributed by atoms with Crippen molar-refractivity contribution in [3.05, 3.63) is 29.2 Å². The minimum atomic E-state index is -0.275. The minimum Gasteiger partial charge on any atom is -0.494 e. The van der Waals surface area contributed by atoms with E-state index in [-0.39, 0.29) is 11.7 Å². The Balaban J connectivity index is 1.96. The number of thiazole rings is 1. The summed E-state index contributed by atoms with van der Waals surface area (Å²) < 4.78 is 16.9. The lowest BCUT2D eigenvalue weighted by Crippen LogP contribution is -2.36. The van der Waals surface area contributed by atoms with E-state index < -0.39 is 0 Å². The summed E-state index contributed by atoms with van der Waals surface area (Å²) in [5.74, 6) is 0.528. The summed E-state index contributed by atoms with van der Waals surface area (Å²) in [4.78, 5) is 21.4. The first kappa shape index (κ1) is 19.7. The molecule has 2 aromatic rings. The quantitative estimate of drug-likeness (QED) is 0.697. The predicted octanol–water partition coefficient (Wildman–Crippen LogP) is 3.13. The summed E-state index contributed by atoms with van der Waals surface area (Å²) >= 11 is 7.68. The molecule has 1 amide bonds. The van der Waals surface area contributed by atoms with Crippen LogP contribution in [0, 0.1) is 0 Å². The fraction of sp³-hybridized carbons (Fsp3) is 0.444. The highest BCUT2D eigenvalue weighted by Gasteiger charge is 2.27. The number of methoxy groups -OCH3 is 1. The number of fused-ring (bicyclic) bond motifs is 1. The number of aromatic nitrogens is 1. The van der Waals surface area contributed by atoms with Crippen molar-refractivity contribution in [2.24, 2.45) is 0 Å². The standard InChI is InChI=1S/C18H22ClN3O4S/c1-21(2)7-4-8-22(17(23)14-11-25-9-10-26-14)18-20-15-13(24-3)6-5-12(19)16(15)27-18/h5-6,11H,4,7-10H2,1-3H3. The Bertz CT molecular complexity index is 852. The van der Waals surface area contributed by atoms with Gasteiger partial charge in [0.15, 0.2) is 5.13 Å². The second-order valence-electron chi connectivity index (χ2n) is 6.24. The van der Waals surface area contributed by atoms with Crippen LogP contribution in [0.25, 0.3) is 10.2 Å². The van der Waals surface area contributed by atoms with Crippen LogP contribution in [0.5, 0.6) is 5.75 Å². The zero-order chi connectivity index (χ0) is 19.4. The third-order valence-corrected chi connectivity index (χ3v) is 5.53. The highest BCUT2D eigenvalue weighted by molar-refractivity contribution is 7.23. The van der Waals surface area contributed by atoms with Crippen LogP contribution in [-0.4, -0.2) is 63.3 Å². The molecular formula is C18H22ClN3O4S. The van der Waals surface area contributed by atoms with Gasteiger partial charge in [0.25, 0.3) is 5.91 Å². The Labute approximate surface area is 167 Å². The molecule has 9 heteroatoms. The molecule has 27 heavy (non-hydrogen) atoms. The molecule has 3 rings (SSSR count). The molecule has 0 spiro atoms. The van der Waals surface area contributed by atoms with Gasteiger partial charge in [0.2, 0.25) is 5.76 Å². The van der Waals surface area contributed by atoms with Crippen molar-refractivity contribution in [2.75, 3.05) is 52.4 Å². The molecule has 146 valence electrons. The van der Waals surface area contributed by atoms with E-state index in [4.69, 9.17) is 25.8 Å². The minimum absolute atomic E-state index is 0.184. The topological polar surface area (TPSA) is 64.1 Å². The molecular weight excluding hydrogens is 390 g/mol. The number of benzene rings is 1. The molecule has 0 aliphatic carbocycles. The van der Waals surface area contributed by atoms with Crippen LogP contribution in [0.2, 0.25) is 5.02 Å². The Morgan fingerprint density at radius 3 is 2.81 bits per heavy atom. The second kappa shape index (κ2) is 8.77. The SMILES string of the molecule is COc1ccc(Cl)c2sc(N(CCCN(C)C)C(=O)C3=COCCO3)nc12. The molecule has 1 aliphatic rings. The van der Waals surface area contributed by atoms with Gasteiger partial charge in [-0.2, -0.15) is 0 Å². The van der Waals surface area contributed by atoms with Gasteiger partial charge in [-0.25, -0.2) is 4.98 Å². The molecule has 0 N–H and O–H groups in total. The second-order valence-corrected chi connectivity index (χ2v) is 7.62. The number of rotatable bonds is 7. The van der Waals surface area contributed by atoms with E-state index in [1.54, 1.807) is 24.1 Å². The maximum Gasteiger partial charge on any atom is 0.298 e. The van der Waals surface area contributed by atoms with Gasteiger partial charge < -0.3 is 19.1 Å². The Morgan fingerprint density at radius 1 is 1.33 bits per heavy atom. The van der Waals surface area contributed by atoms with Crippen LogP contribution in [0.3, 0.4) is 0 Å². The lowest BCUT2D eigenvalue weighted by atomic mass is 10.3. The van der Waals surface area contributed by atoms with Gasteiger partial charge in [0.1, 0.15) is 30.7 Å². The molecule has 0 bridgehead atoms. The maximum atomic E-state index is 13.0. The number of ether oxygens (including phenoxy) is 3. The van der Waals surface area contributed by atoms with E-state index in [0.717, 1.165) is 17.7 Å². The highest BCUT2D eigenvalue weighted by Crippen LogP contribution is 2.39. The van der Waals surface area contributed by atoms with Gasteiger partial charge in [-0.05, 0) is 39.2 Å². The molecule has 1 aromatic carbocycles. The number of carbonyl (C=O) groups is 1. The van der Waals surface area contributed by atoms with Gasteiger partial charge in [0, 0.05) is 6.54 Å². The van der Waals surface area contributed by atoms with Crippen molar-refractivity contribution in [2.45, 2.75) is 6.42 Å². The first-order chi connectivity index (χ1) is 13.0. The van der Waals surface area contributed by atoms with E-state index in [0.29, 0.717) is 41.2 Å². The molecule has 0 unspecified atom stereocenters. The summed E-state index contributed by atoms with van der Waals surface area (Å²) in [7, 11) is 5.57. The molecule has 0 saturated carbocycles. The first-order valence-electron chi connectivity index (χ1n) is 8.55. The number of nitrogens with zero attached hydrogens (tertiary/aromatic N) is 3. The third-order valence-electron chi connectivity index (χ3n) is 3.99. The molecule has 1 aromatic heterocycles. The van der Waals surface area contributed by atoms with E-state index in [1.807, 2.05) is 14.1 Å². The average molecular weight is 412 g/mol. The van der Waals surface area contributed by atoms with Crippen LogP contribution < -0.4 is 9.64 Å². The van der Waals surface area contributed by atoms with Gasteiger partial charge in [-0.15, -0.1) is 0 Å². The average Bonchev–Trinajstić information content (AvgIpc) is 3.11. The number of hydrogen-bond acceptors (Lipinski definition) is 7. The molecule has 0 fully saturated rings. The third kappa shape index (κ3) is 4.45. The fourth-order valence-corrected chi connectivity index (χ4v) is 3.94. The molecule has 2 heterocycles. The summed E-state index contributed by atoms with van der Waals surface area (Å²) in [6.45, 7) is 2.13. The highest BCUT2D eigenvalue weighted by atomic mass is 35.5. The van der Waals surface area contributed by atoms with Crippen molar-refractivity contribution in [3.63, 3.8) is 0 Å². The predicted molar refractivity (Wildman–Crippen MR) is 107 cm³/mol. The largest absolute Gasteiger partial charge is 0.494 e. The number of hydrogen-bond donors (Lipinski definition) is 0. The first-order valence-corrected chi connectivity index (χ1v) is 9.75. The van der Waals surface area contributed by atoms with Crippen LogP contribution in [-0.2, 0) is 14.3 Å². The van der Waals surface area contributed by atoms with Crippen molar-refractivity contribution < 1.29 is 19.0 Å². The zero-order valence-electron chi connectivity index (χ0n) is 15.5. The van der Waals surface area contributed by atoms with Gasteiger partial charge in [-0.1, -0.05) is 22.9 Å². The van der Waals surface area contributed by atoms with Crippen LogP contribution in [0.1, 0.15) is 6.42 Å². The zero-order valence-corrected chi connectivity index (χ0v) is 17.1. The van der Waals surface area contributed by atoms with E-state index in [2.05, 4.69) is 9.88 Å². The Hall–Kier alpha value is -2.03. The molecule has 0 radical (unpaired) electrons. The van der Waals surface area contributed by atoms with Crippen molar-refractivity contribution >= 4 is 44.2 Å². The molecule has 7 nitrogen and oxygen atoms in total. The molecule has 1 aliphatic heterocycles. The molecule has 0 atom stereocenters. The van der Waals surface area contributed by atoms with Crippen LogP contribution in [0.15, 0.2) is 24.2 Å². The van der Waals surface area contributed by atoms with Crippen molar-refractivity contribution in [1.82, 2.24) is 9.88 Å². The number of halogens is 1. The summed E-state index contributed by atoms with van der Waals surface area (Å²) in [5, 5.41) is 1.13. The fourth-order valence-electron chi connectivity index (χ4n) is 2.66. The van der Waals surface area contributed by atoms with Crippen molar-refractivity contribution in [1.29, 1.82) is 0 Å². The van der Waals surface area contributed by atoms with Gasteiger partial charge >= 0.3 is 0 Å². The summed E-state index contributed by atoms with van der Waals surface area (Å²) in [6.07, 6.45) is 2.15. The lowest BCUT2D eigenvalue weighted by Gasteiger charge is -2.23. The monoisotopic (exact) mass is 411 g/mol. The van der Waals surface area contributed by atoms with Crippen LogP contribution >= 0.6 is 22.9 Å². The summed E-state index contributed by atoms with van der Waals surface area (Å²) in [6, 6.07) is 3.54. The van der Waals surface area contributed by atoms with Crippen molar-refractivity contribution in [3.8, 4) is 5.75 Å². The normalized spacial score (nSPS) is 13.9. The van der Waals surface area contributed by atoms with Gasteiger partial charge in [-0.3, -0.25) is 9.69 Å². The number of carbonyl (C=O) groups excluding carboxylic acids is 1. The van der Waals surface area contributed by atoms with E-state index in [1.165, 1.54) is 17.6 Å². The van der Waals surface area contributed by atoms with E-state index in [9.17, 15) is 4.79 Å². The Kier molecular flexibility index (Phi) is 6.41.